The zero-order valence-electron chi connectivity index (χ0n) is 15.2. The van der Waals surface area contributed by atoms with Crippen molar-refractivity contribution < 1.29 is 19.1 Å². The molecule has 2 rings (SSSR count). The molecule has 0 saturated heterocycles. The van der Waals surface area contributed by atoms with Gasteiger partial charge in [-0.05, 0) is 42.8 Å². The van der Waals surface area contributed by atoms with Crippen LogP contribution < -0.4 is 10.6 Å². The van der Waals surface area contributed by atoms with Gasteiger partial charge in [0.25, 0.3) is 5.91 Å². The number of urea groups is 1. The monoisotopic (exact) mass is 373 g/mol. The van der Waals surface area contributed by atoms with E-state index in [9.17, 15) is 14.0 Å². The summed E-state index contributed by atoms with van der Waals surface area (Å²) < 4.78 is 13.2. The first-order valence-corrected chi connectivity index (χ1v) is 8.87. The zero-order valence-corrected chi connectivity index (χ0v) is 15.2. The van der Waals surface area contributed by atoms with E-state index in [0.29, 0.717) is 23.5 Å². The molecule has 0 unspecified atom stereocenters. The summed E-state index contributed by atoms with van der Waals surface area (Å²) in [6.45, 7) is 2.69. The molecule has 27 heavy (non-hydrogen) atoms. The number of carbonyl (C=O) groups is 2. The molecular weight excluding hydrogens is 349 g/mol. The van der Waals surface area contributed by atoms with E-state index in [1.54, 1.807) is 30.3 Å². The molecule has 0 bridgehead atoms. The Hall–Kier alpha value is -2.93. The predicted molar refractivity (Wildman–Crippen MR) is 103 cm³/mol. The number of anilines is 2. The van der Waals surface area contributed by atoms with Crippen LogP contribution in [0.5, 0.6) is 0 Å². The van der Waals surface area contributed by atoms with Gasteiger partial charge in [-0.25, -0.2) is 9.18 Å². The smallest absolute Gasteiger partial charge is 0.321 e. The summed E-state index contributed by atoms with van der Waals surface area (Å²) in [5, 5.41) is 14.5. The van der Waals surface area contributed by atoms with Crippen LogP contribution in [0.1, 0.15) is 30.1 Å². The van der Waals surface area contributed by atoms with E-state index in [0.717, 1.165) is 12.8 Å². The molecule has 2 aromatic rings. The number of unbranched alkanes of at least 4 members (excludes halogenated alkanes) is 1. The van der Waals surface area contributed by atoms with Crippen LogP contribution in [0.25, 0.3) is 0 Å². The summed E-state index contributed by atoms with van der Waals surface area (Å²) in [7, 11) is 0. The van der Waals surface area contributed by atoms with Crippen molar-refractivity contribution in [2.45, 2.75) is 19.8 Å². The van der Waals surface area contributed by atoms with Crippen LogP contribution in [0.2, 0.25) is 0 Å². The number of halogens is 1. The van der Waals surface area contributed by atoms with Crippen molar-refractivity contribution in [2.75, 3.05) is 30.3 Å². The molecule has 0 fully saturated rings. The molecule has 0 aliphatic heterocycles. The highest BCUT2D eigenvalue weighted by molar-refractivity contribution is 6.05. The fourth-order valence-electron chi connectivity index (χ4n) is 2.49. The first kappa shape index (κ1) is 20.4. The van der Waals surface area contributed by atoms with E-state index in [4.69, 9.17) is 5.11 Å². The van der Waals surface area contributed by atoms with E-state index >= 15 is 0 Å². The number of aliphatic hydroxyl groups excluding tert-OH is 1. The average Bonchev–Trinajstić information content (AvgIpc) is 2.65. The lowest BCUT2D eigenvalue weighted by atomic mass is 10.2. The van der Waals surface area contributed by atoms with Gasteiger partial charge in [-0.3, -0.25) is 4.79 Å². The van der Waals surface area contributed by atoms with E-state index in [2.05, 4.69) is 10.6 Å². The molecule has 0 aliphatic carbocycles. The number of benzene rings is 2. The summed E-state index contributed by atoms with van der Waals surface area (Å²) in [6, 6.07) is 11.8. The van der Waals surface area contributed by atoms with E-state index < -0.39 is 11.7 Å². The molecule has 6 nitrogen and oxygen atoms in total. The number of rotatable bonds is 8. The van der Waals surface area contributed by atoms with Gasteiger partial charge in [-0.2, -0.15) is 0 Å². The summed E-state index contributed by atoms with van der Waals surface area (Å²) in [4.78, 5) is 26.3. The first-order chi connectivity index (χ1) is 13.0. The summed E-state index contributed by atoms with van der Waals surface area (Å²) in [5.41, 5.74) is 1.15. The molecule has 0 spiro atoms. The minimum Gasteiger partial charge on any atom is -0.395 e. The third-order valence-corrected chi connectivity index (χ3v) is 3.90. The Bertz CT molecular complexity index is 783. The van der Waals surface area contributed by atoms with Gasteiger partial charge in [0.15, 0.2) is 0 Å². The Kier molecular flexibility index (Phi) is 7.76. The standard InChI is InChI=1S/C20H24FN3O3/c1-2-3-10-24(11-12-25)20(27)23-17-8-4-6-15(13-17)19(26)22-18-9-5-7-16(21)14-18/h4-9,13-14,25H,2-3,10-12H2,1H3,(H,22,26)(H,23,27). The van der Waals surface area contributed by atoms with Crippen molar-refractivity contribution in [3.63, 3.8) is 0 Å². The van der Waals surface area contributed by atoms with Crippen molar-refractivity contribution in [3.8, 4) is 0 Å². The predicted octanol–water partition coefficient (Wildman–Crippen LogP) is 3.70. The molecule has 0 aromatic heterocycles. The molecular formula is C20H24FN3O3. The van der Waals surface area contributed by atoms with Crippen molar-refractivity contribution in [3.05, 3.63) is 59.9 Å². The van der Waals surface area contributed by atoms with Crippen LogP contribution >= 0.6 is 0 Å². The van der Waals surface area contributed by atoms with Crippen LogP contribution in [0.3, 0.4) is 0 Å². The Morgan fingerprint density at radius 3 is 2.41 bits per heavy atom. The van der Waals surface area contributed by atoms with Crippen molar-refractivity contribution in [1.82, 2.24) is 4.90 Å². The highest BCUT2D eigenvalue weighted by atomic mass is 19.1. The average molecular weight is 373 g/mol. The third kappa shape index (κ3) is 6.38. The van der Waals surface area contributed by atoms with Gasteiger partial charge >= 0.3 is 6.03 Å². The number of carbonyl (C=O) groups excluding carboxylic acids is 2. The lowest BCUT2D eigenvalue weighted by Gasteiger charge is -2.22. The molecule has 0 aliphatic rings. The fourth-order valence-corrected chi connectivity index (χ4v) is 2.49. The molecule has 0 atom stereocenters. The highest BCUT2D eigenvalue weighted by Gasteiger charge is 2.14. The van der Waals surface area contributed by atoms with Gasteiger partial charge in [0, 0.05) is 30.0 Å². The Morgan fingerprint density at radius 1 is 1.04 bits per heavy atom. The maximum absolute atomic E-state index is 13.2. The molecule has 144 valence electrons. The number of hydrogen-bond acceptors (Lipinski definition) is 3. The Balaban J connectivity index is 2.05. The Morgan fingerprint density at radius 2 is 1.74 bits per heavy atom. The van der Waals surface area contributed by atoms with Crippen LogP contribution in [-0.2, 0) is 0 Å². The lowest BCUT2D eigenvalue weighted by Crippen LogP contribution is -2.37. The molecule has 0 radical (unpaired) electrons. The van der Waals surface area contributed by atoms with E-state index in [-0.39, 0.29) is 19.2 Å². The van der Waals surface area contributed by atoms with Crippen LogP contribution in [0.4, 0.5) is 20.6 Å². The van der Waals surface area contributed by atoms with Gasteiger partial charge < -0.3 is 20.6 Å². The summed E-state index contributed by atoms with van der Waals surface area (Å²) in [6.07, 6.45) is 1.77. The molecule has 0 saturated carbocycles. The van der Waals surface area contributed by atoms with Gasteiger partial charge in [0.2, 0.25) is 0 Å². The third-order valence-electron chi connectivity index (χ3n) is 3.90. The number of nitrogens with one attached hydrogen (secondary N) is 2. The van der Waals surface area contributed by atoms with Crippen molar-refractivity contribution in [1.29, 1.82) is 0 Å². The maximum Gasteiger partial charge on any atom is 0.321 e. The largest absolute Gasteiger partial charge is 0.395 e. The topological polar surface area (TPSA) is 81.7 Å². The second-order valence-corrected chi connectivity index (χ2v) is 6.04. The number of aliphatic hydroxyl groups is 1. The van der Waals surface area contributed by atoms with Gasteiger partial charge in [0.1, 0.15) is 5.82 Å². The van der Waals surface area contributed by atoms with Gasteiger partial charge in [0.05, 0.1) is 6.61 Å². The van der Waals surface area contributed by atoms with Crippen LogP contribution in [0, 0.1) is 5.82 Å². The molecule has 3 amide bonds. The van der Waals surface area contributed by atoms with Crippen molar-refractivity contribution >= 4 is 23.3 Å². The molecule has 3 N–H and O–H groups in total. The molecule has 7 heteroatoms. The van der Waals surface area contributed by atoms with Gasteiger partial charge in [-0.15, -0.1) is 0 Å². The zero-order chi connectivity index (χ0) is 19.6. The second kappa shape index (κ2) is 10.3. The lowest BCUT2D eigenvalue weighted by molar-refractivity contribution is 0.102. The summed E-state index contributed by atoms with van der Waals surface area (Å²) >= 11 is 0. The normalized spacial score (nSPS) is 10.3. The minimum atomic E-state index is -0.440. The Labute approximate surface area is 158 Å². The van der Waals surface area contributed by atoms with E-state index in [1.807, 2.05) is 6.92 Å². The maximum atomic E-state index is 13.2. The fraction of sp³-hybridized carbons (Fsp3) is 0.300. The van der Waals surface area contributed by atoms with Gasteiger partial charge in [-0.1, -0.05) is 25.5 Å². The SMILES string of the molecule is CCCCN(CCO)C(=O)Nc1cccc(C(=O)Nc2cccc(F)c2)c1. The number of amides is 3. The summed E-state index contributed by atoms with van der Waals surface area (Å²) in [5.74, 6) is -0.847. The van der Waals surface area contributed by atoms with Crippen LogP contribution in [0.15, 0.2) is 48.5 Å². The highest BCUT2D eigenvalue weighted by Crippen LogP contribution is 2.15. The number of hydrogen-bond donors (Lipinski definition) is 3. The van der Waals surface area contributed by atoms with Crippen molar-refractivity contribution in [2.24, 2.45) is 0 Å². The van der Waals surface area contributed by atoms with Crippen LogP contribution in [-0.4, -0.2) is 41.6 Å². The minimum absolute atomic E-state index is 0.118. The number of nitrogens with zero attached hydrogens (tertiary/aromatic N) is 1. The first-order valence-electron chi connectivity index (χ1n) is 8.87. The van der Waals surface area contributed by atoms with E-state index in [1.165, 1.54) is 23.1 Å². The second-order valence-electron chi connectivity index (χ2n) is 6.04. The molecule has 0 heterocycles. The molecule has 2 aromatic carbocycles. The quantitative estimate of drug-likeness (QED) is 0.660.